The normalized spacial score (nSPS) is 27.0. The third kappa shape index (κ3) is 5.83. The average Bonchev–Trinajstić information content (AvgIpc) is 2.77. The Bertz CT molecular complexity index is 219. The lowest BCUT2D eigenvalue weighted by atomic mass is 9.77. The number of ether oxygens (including phenoxy) is 1. The van der Waals surface area contributed by atoms with Crippen LogP contribution in [-0.2, 0) is 4.74 Å². The summed E-state index contributed by atoms with van der Waals surface area (Å²) in [5.41, 5.74) is 0.416. The molecule has 0 aromatic carbocycles. The maximum atomic E-state index is 5.84. The Labute approximate surface area is 120 Å². The van der Waals surface area contributed by atoms with Crippen molar-refractivity contribution in [1.29, 1.82) is 0 Å². The lowest BCUT2D eigenvalue weighted by Gasteiger charge is -2.32. The second-order valence-electron chi connectivity index (χ2n) is 6.28. The van der Waals surface area contributed by atoms with E-state index in [1.54, 1.807) is 0 Å². The van der Waals surface area contributed by atoms with E-state index in [0.29, 0.717) is 11.5 Å². The van der Waals surface area contributed by atoms with Crippen molar-refractivity contribution in [2.24, 2.45) is 5.41 Å². The average molecular weight is 269 g/mol. The first-order chi connectivity index (χ1) is 9.25. The maximum Gasteiger partial charge on any atom is 0.0616 e. The van der Waals surface area contributed by atoms with E-state index in [1.165, 1.54) is 57.8 Å². The van der Waals surface area contributed by atoms with Gasteiger partial charge in [0.15, 0.2) is 0 Å². The summed E-state index contributed by atoms with van der Waals surface area (Å²) in [4.78, 5) is 0. The Morgan fingerprint density at radius 3 is 2.32 bits per heavy atom. The molecule has 2 nitrogen and oxygen atoms in total. The van der Waals surface area contributed by atoms with Crippen LogP contribution in [0.25, 0.3) is 0 Å². The monoisotopic (exact) mass is 269 g/mol. The predicted octanol–water partition coefficient (Wildman–Crippen LogP) is 4.53. The van der Waals surface area contributed by atoms with Crippen LogP contribution < -0.4 is 5.32 Å². The molecular weight excluding hydrogens is 234 g/mol. The first kappa shape index (κ1) is 17.0. The lowest BCUT2D eigenvalue weighted by molar-refractivity contribution is 0.0573. The van der Waals surface area contributed by atoms with E-state index < -0.39 is 0 Å². The maximum absolute atomic E-state index is 5.84. The van der Waals surface area contributed by atoms with Gasteiger partial charge in [-0.25, -0.2) is 0 Å². The molecule has 1 saturated heterocycles. The Morgan fingerprint density at radius 2 is 1.74 bits per heavy atom. The molecule has 2 unspecified atom stereocenters. The van der Waals surface area contributed by atoms with Gasteiger partial charge in [-0.1, -0.05) is 58.8 Å². The summed E-state index contributed by atoms with van der Waals surface area (Å²) < 4.78 is 5.84. The molecule has 0 aromatic heterocycles. The fraction of sp³-hybridized carbons (Fsp3) is 1.00. The molecule has 0 bridgehead atoms. The van der Waals surface area contributed by atoms with E-state index >= 15 is 0 Å². The van der Waals surface area contributed by atoms with Gasteiger partial charge in [0.2, 0.25) is 0 Å². The number of hydrogen-bond donors (Lipinski definition) is 1. The smallest absolute Gasteiger partial charge is 0.0616 e. The fourth-order valence-electron chi connectivity index (χ4n) is 3.28. The molecule has 1 aliphatic rings. The van der Waals surface area contributed by atoms with Crippen LogP contribution in [0.2, 0.25) is 0 Å². The van der Waals surface area contributed by atoms with Gasteiger partial charge < -0.3 is 10.1 Å². The van der Waals surface area contributed by atoms with Crippen LogP contribution in [0, 0.1) is 5.41 Å². The Balaban J connectivity index is 2.18. The molecule has 0 spiro atoms. The van der Waals surface area contributed by atoms with Crippen LogP contribution in [-0.4, -0.2) is 25.8 Å². The SMILES string of the molecule is CCCCCCCCCC1(CNCC)CCOC1C. The Kier molecular flexibility index (Phi) is 8.72. The molecular formula is C17H35NO. The third-order valence-corrected chi connectivity index (χ3v) is 4.84. The molecule has 0 saturated carbocycles. The molecule has 1 aliphatic heterocycles. The molecule has 0 aliphatic carbocycles. The minimum atomic E-state index is 0.416. The van der Waals surface area contributed by atoms with Crippen molar-refractivity contribution >= 4 is 0 Å². The van der Waals surface area contributed by atoms with Crippen molar-refractivity contribution in [2.75, 3.05) is 19.7 Å². The largest absolute Gasteiger partial charge is 0.378 e. The topological polar surface area (TPSA) is 21.3 Å². The van der Waals surface area contributed by atoms with Crippen molar-refractivity contribution < 1.29 is 4.74 Å². The summed E-state index contributed by atoms with van der Waals surface area (Å²) in [7, 11) is 0. The summed E-state index contributed by atoms with van der Waals surface area (Å²) in [5.74, 6) is 0. The van der Waals surface area contributed by atoms with Gasteiger partial charge >= 0.3 is 0 Å². The van der Waals surface area contributed by atoms with Crippen molar-refractivity contribution in [2.45, 2.75) is 84.7 Å². The van der Waals surface area contributed by atoms with Crippen LogP contribution in [0.3, 0.4) is 0 Å². The van der Waals surface area contributed by atoms with Crippen LogP contribution in [0.1, 0.15) is 78.6 Å². The van der Waals surface area contributed by atoms with Crippen molar-refractivity contribution in [1.82, 2.24) is 5.32 Å². The van der Waals surface area contributed by atoms with Gasteiger partial charge in [-0.15, -0.1) is 0 Å². The van der Waals surface area contributed by atoms with Gasteiger partial charge in [-0.2, -0.15) is 0 Å². The number of rotatable bonds is 11. The van der Waals surface area contributed by atoms with E-state index in [1.807, 2.05) is 0 Å². The highest BCUT2D eigenvalue weighted by atomic mass is 16.5. The molecule has 19 heavy (non-hydrogen) atoms. The van der Waals surface area contributed by atoms with Crippen LogP contribution in [0.15, 0.2) is 0 Å². The number of unbranched alkanes of at least 4 members (excludes halogenated alkanes) is 6. The molecule has 1 heterocycles. The molecule has 114 valence electrons. The molecule has 2 heteroatoms. The number of nitrogens with one attached hydrogen (secondary N) is 1. The second kappa shape index (κ2) is 9.77. The van der Waals surface area contributed by atoms with E-state index in [9.17, 15) is 0 Å². The zero-order valence-electron chi connectivity index (χ0n) is 13.5. The standard InChI is InChI=1S/C17H35NO/c1-4-6-7-8-9-10-11-12-17(15-18-5-2)13-14-19-16(17)3/h16,18H,4-15H2,1-3H3. The van der Waals surface area contributed by atoms with Gasteiger partial charge in [0.05, 0.1) is 6.10 Å². The number of hydrogen-bond acceptors (Lipinski definition) is 2. The van der Waals surface area contributed by atoms with E-state index in [-0.39, 0.29) is 0 Å². The summed E-state index contributed by atoms with van der Waals surface area (Å²) in [6.45, 7) is 9.93. The van der Waals surface area contributed by atoms with Gasteiger partial charge in [-0.3, -0.25) is 0 Å². The zero-order valence-corrected chi connectivity index (χ0v) is 13.5. The van der Waals surface area contributed by atoms with Gasteiger partial charge in [0, 0.05) is 18.6 Å². The van der Waals surface area contributed by atoms with Crippen LogP contribution in [0.5, 0.6) is 0 Å². The Hall–Kier alpha value is -0.0800. The van der Waals surface area contributed by atoms with E-state index in [0.717, 1.165) is 19.7 Å². The Morgan fingerprint density at radius 1 is 1.05 bits per heavy atom. The molecule has 1 N–H and O–H groups in total. The molecule has 0 amide bonds. The molecule has 1 fully saturated rings. The van der Waals surface area contributed by atoms with Gasteiger partial charge in [0.25, 0.3) is 0 Å². The van der Waals surface area contributed by atoms with Crippen LogP contribution in [0.4, 0.5) is 0 Å². The summed E-state index contributed by atoms with van der Waals surface area (Å²) in [6, 6.07) is 0. The zero-order chi connectivity index (χ0) is 14.0. The van der Waals surface area contributed by atoms with Crippen molar-refractivity contribution in [3.8, 4) is 0 Å². The van der Waals surface area contributed by atoms with Crippen molar-refractivity contribution in [3.63, 3.8) is 0 Å². The van der Waals surface area contributed by atoms with Gasteiger partial charge in [-0.05, 0) is 26.3 Å². The molecule has 1 rings (SSSR count). The molecule has 0 aromatic rings. The fourth-order valence-corrected chi connectivity index (χ4v) is 3.28. The first-order valence-electron chi connectivity index (χ1n) is 8.57. The first-order valence-corrected chi connectivity index (χ1v) is 8.57. The highest BCUT2D eigenvalue weighted by Crippen LogP contribution is 2.39. The predicted molar refractivity (Wildman–Crippen MR) is 83.6 cm³/mol. The highest BCUT2D eigenvalue weighted by Gasteiger charge is 2.40. The second-order valence-corrected chi connectivity index (χ2v) is 6.28. The van der Waals surface area contributed by atoms with E-state index in [4.69, 9.17) is 4.74 Å². The quantitative estimate of drug-likeness (QED) is 0.556. The van der Waals surface area contributed by atoms with Crippen molar-refractivity contribution in [3.05, 3.63) is 0 Å². The minimum absolute atomic E-state index is 0.416. The lowest BCUT2D eigenvalue weighted by Crippen LogP contribution is -2.39. The minimum Gasteiger partial charge on any atom is -0.378 e. The summed E-state index contributed by atoms with van der Waals surface area (Å²) >= 11 is 0. The molecule has 0 radical (unpaired) electrons. The van der Waals surface area contributed by atoms with E-state index in [2.05, 4.69) is 26.1 Å². The summed E-state index contributed by atoms with van der Waals surface area (Å²) in [6.07, 6.45) is 12.9. The highest BCUT2D eigenvalue weighted by molar-refractivity contribution is 4.91. The summed E-state index contributed by atoms with van der Waals surface area (Å²) in [5, 5.41) is 3.55. The van der Waals surface area contributed by atoms with Gasteiger partial charge in [0.1, 0.15) is 0 Å². The van der Waals surface area contributed by atoms with Crippen LogP contribution >= 0.6 is 0 Å². The molecule has 2 atom stereocenters. The third-order valence-electron chi connectivity index (χ3n) is 4.84.